The van der Waals surface area contributed by atoms with Crippen LogP contribution in [0.2, 0.25) is 0 Å². The highest BCUT2D eigenvalue weighted by Crippen LogP contribution is 2.34. The molecule has 0 saturated carbocycles. The molecule has 1 amide bonds. The molecule has 5 heteroatoms. The van der Waals surface area contributed by atoms with Crippen LogP contribution in [0.5, 0.6) is 0 Å². The van der Waals surface area contributed by atoms with Crippen LogP contribution >= 0.6 is 0 Å². The molecule has 1 heterocycles. The molecule has 1 aliphatic carbocycles. The topological polar surface area (TPSA) is 72.5 Å². The maximum absolute atomic E-state index is 12.3. The third-order valence-electron chi connectivity index (χ3n) is 5.07. The maximum atomic E-state index is 12.3. The Hall–Kier alpha value is -2.95. The molecule has 1 atom stereocenters. The Bertz CT molecular complexity index is 903. The van der Waals surface area contributed by atoms with E-state index in [4.69, 9.17) is 4.74 Å². The molecular formula is C21H19NO4. The number of anilines is 1. The maximum Gasteiger partial charge on any atom is 0.307 e. The van der Waals surface area contributed by atoms with E-state index < -0.39 is 11.9 Å². The number of fused-ring (bicyclic) bond motifs is 2. The number of hydrogen-bond acceptors (Lipinski definition) is 4. The Kier molecular flexibility index (Phi) is 4.29. The van der Waals surface area contributed by atoms with Crippen molar-refractivity contribution in [1.29, 1.82) is 0 Å². The summed E-state index contributed by atoms with van der Waals surface area (Å²) >= 11 is 0. The summed E-state index contributed by atoms with van der Waals surface area (Å²) < 4.78 is 5.13. The van der Waals surface area contributed by atoms with Gasteiger partial charge >= 0.3 is 5.97 Å². The third-order valence-corrected chi connectivity index (χ3v) is 5.07. The largest absolute Gasteiger partial charge is 0.457 e. The molecule has 0 bridgehead atoms. The number of carbonyl (C=O) groups excluding carboxylic acids is 3. The highest BCUT2D eigenvalue weighted by Gasteiger charge is 2.32. The standard InChI is InChI=1S/C21H19NO4/c23-19(15-9-8-13-4-3-5-14(13)10-15)12-26-20(24)11-17-16-6-1-2-7-18(16)22-21(17)25/h1-2,6-10,17H,3-5,11-12H2,(H,22,25). The molecule has 0 aromatic heterocycles. The summed E-state index contributed by atoms with van der Waals surface area (Å²) in [6.07, 6.45) is 3.10. The van der Waals surface area contributed by atoms with Crippen molar-refractivity contribution in [2.45, 2.75) is 31.6 Å². The molecule has 2 aromatic rings. The summed E-state index contributed by atoms with van der Waals surface area (Å²) in [6.45, 7) is -0.298. The first-order valence-electron chi connectivity index (χ1n) is 8.82. The number of para-hydroxylation sites is 1. The van der Waals surface area contributed by atoms with Crippen molar-refractivity contribution in [3.63, 3.8) is 0 Å². The van der Waals surface area contributed by atoms with Gasteiger partial charge < -0.3 is 10.1 Å². The quantitative estimate of drug-likeness (QED) is 0.665. The van der Waals surface area contributed by atoms with Crippen LogP contribution in [0.3, 0.4) is 0 Å². The number of nitrogens with one attached hydrogen (secondary N) is 1. The normalized spacial score (nSPS) is 17.4. The summed E-state index contributed by atoms with van der Waals surface area (Å²) in [5, 5.41) is 2.75. The third kappa shape index (κ3) is 3.12. The van der Waals surface area contributed by atoms with Gasteiger partial charge in [0.2, 0.25) is 5.91 Å². The first-order valence-corrected chi connectivity index (χ1v) is 8.82. The fraction of sp³-hybridized carbons (Fsp3) is 0.286. The molecule has 0 spiro atoms. The molecule has 26 heavy (non-hydrogen) atoms. The molecular weight excluding hydrogens is 330 g/mol. The van der Waals surface area contributed by atoms with E-state index in [0.29, 0.717) is 5.56 Å². The van der Waals surface area contributed by atoms with Crippen LogP contribution in [0, 0.1) is 0 Å². The number of aryl methyl sites for hydroxylation is 2. The minimum atomic E-state index is -0.561. The summed E-state index contributed by atoms with van der Waals surface area (Å²) in [6, 6.07) is 13.0. The van der Waals surface area contributed by atoms with Crippen molar-refractivity contribution in [3.05, 3.63) is 64.7 Å². The average molecular weight is 349 g/mol. The van der Waals surface area contributed by atoms with Crippen LogP contribution < -0.4 is 5.32 Å². The van der Waals surface area contributed by atoms with Crippen molar-refractivity contribution >= 4 is 23.3 Å². The smallest absolute Gasteiger partial charge is 0.307 e. The SMILES string of the molecule is O=C(CC1C(=O)Nc2ccccc21)OCC(=O)c1ccc2c(c1)CCC2. The highest BCUT2D eigenvalue weighted by atomic mass is 16.5. The van der Waals surface area contributed by atoms with Gasteiger partial charge in [0.05, 0.1) is 12.3 Å². The molecule has 2 aromatic carbocycles. The fourth-order valence-electron chi connectivity index (χ4n) is 3.68. The van der Waals surface area contributed by atoms with Gasteiger partial charge in [0.1, 0.15) is 0 Å². The van der Waals surface area contributed by atoms with E-state index in [9.17, 15) is 14.4 Å². The van der Waals surface area contributed by atoms with E-state index in [1.54, 1.807) is 12.1 Å². The highest BCUT2D eigenvalue weighted by molar-refractivity contribution is 6.04. The number of esters is 1. The number of ether oxygens (including phenoxy) is 1. The minimum Gasteiger partial charge on any atom is -0.457 e. The monoisotopic (exact) mass is 349 g/mol. The molecule has 0 fully saturated rings. The average Bonchev–Trinajstić information content (AvgIpc) is 3.23. The fourth-order valence-corrected chi connectivity index (χ4v) is 3.68. The van der Waals surface area contributed by atoms with E-state index in [1.165, 1.54) is 11.1 Å². The molecule has 5 nitrogen and oxygen atoms in total. The van der Waals surface area contributed by atoms with Gasteiger partial charge in [0.25, 0.3) is 0 Å². The summed E-state index contributed by atoms with van der Waals surface area (Å²) in [4.78, 5) is 36.5. The number of rotatable bonds is 5. The first-order chi connectivity index (χ1) is 12.6. The minimum absolute atomic E-state index is 0.0691. The van der Waals surface area contributed by atoms with E-state index in [1.807, 2.05) is 30.3 Å². The number of Topliss-reactive ketones (excluding diaryl/α,β-unsaturated/α-hetero) is 1. The van der Waals surface area contributed by atoms with Gasteiger partial charge in [-0.15, -0.1) is 0 Å². The second-order valence-corrected chi connectivity index (χ2v) is 6.75. The van der Waals surface area contributed by atoms with Gasteiger partial charge in [-0.2, -0.15) is 0 Å². The van der Waals surface area contributed by atoms with Crippen molar-refractivity contribution in [3.8, 4) is 0 Å². The van der Waals surface area contributed by atoms with E-state index >= 15 is 0 Å². The number of amides is 1. The summed E-state index contributed by atoms with van der Waals surface area (Å²) in [5.41, 5.74) is 4.59. The predicted molar refractivity (Wildman–Crippen MR) is 96.2 cm³/mol. The Morgan fingerprint density at radius 1 is 1.08 bits per heavy atom. The van der Waals surface area contributed by atoms with Crippen LogP contribution in [0.4, 0.5) is 5.69 Å². The zero-order valence-corrected chi connectivity index (χ0v) is 14.3. The van der Waals surface area contributed by atoms with E-state index in [0.717, 1.165) is 30.5 Å². The van der Waals surface area contributed by atoms with Gasteiger partial charge in [-0.25, -0.2) is 0 Å². The second-order valence-electron chi connectivity index (χ2n) is 6.75. The lowest BCUT2D eigenvalue weighted by Crippen LogP contribution is -2.20. The lowest BCUT2D eigenvalue weighted by Gasteiger charge is -2.09. The molecule has 0 saturated heterocycles. The van der Waals surface area contributed by atoms with Crippen LogP contribution in [-0.4, -0.2) is 24.3 Å². The second kappa shape index (κ2) is 6.75. The molecule has 1 N–H and O–H groups in total. The lowest BCUT2D eigenvalue weighted by molar-refractivity contribution is -0.144. The van der Waals surface area contributed by atoms with Gasteiger partial charge in [-0.3, -0.25) is 14.4 Å². The number of carbonyl (C=O) groups is 3. The van der Waals surface area contributed by atoms with Gasteiger partial charge in [-0.1, -0.05) is 30.3 Å². The number of hydrogen-bond donors (Lipinski definition) is 1. The van der Waals surface area contributed by atoms with Crippen molar-refractivity contribution in [2.24, 2.45) is 0 Å². The molecule has 0 radical (unpaired) electrons. The lowest BCUT2D eigenvalue weighted by atomic mass is 9.97. The van der Waals surface area contributed by atoms with Crippen molar-refractivity contribution < 1.29 is 19.1 Å². The molecule has 2 aliphatic rings. The van der Waals surface area contributed by atoms with E-state index in [-0.39, 0.29) is 24.7 Å². The van der Waals surface area contributed by atoms with Crippen LogP contribution in [-0.2, 0) is 27.2 Å². The Balaban J connectivity index is 1.36. The van der Waals surface area contributed by atoms with Crippen molar-refractivity contribution in [2.75, 3.05) is 11.9 Å². The molecule has 4 rings (SSSR count). The molecule has 132 valence electrons. The van der Waals surface area contributed by atoms with E-state index in [2.05, 4.69) is 5.32 Å². The molecule has 1 unspecified atom stereocenters. The Morgan fingerprint density at radius 3 is 2.77 bits per heavy atom. The van der Waals surface area contributed by atoms with Crippen LogP contribution in [0.1, 0.15) is 45.8 Å². The summed E-state index contributed by atoms with van der Waals surface area (Å²) in [7, 11) is 0. The Labute approximate surface area is 151 Å². The zero-order chi connectivity index (χ0) is 18.1. The summed E-state index contributed by atoms with van der Waals surface area (Å²) in [5.74, 6) is -1.54. The number of ketones is 1. The van der Waals surface area contributed by atoms with Gasteiger partial charge in [0, 0.05) is 11.3 Å². The first kappa shape index (κ1) is 16.5. The van der Waals surface area contributed by atoms with Crippen molar-refractivity contribution in [1.82, 2.24) is 0 Å². The van der Waals surface area contributed by atoms with Gasteiger partial charge in [0.15, 0.2) is 12.4 Å². The zero-order valence-electron chi connectivity index (χ0n) is 14.3. The predicted octanol–water partition coefficient (Wildman–Crippen LogP) is 3.03. The van der Waals surface area contributed by atoms with Crippen LogP contribution in [0.15, 0.2) is 42.5 Å². The molecule has 1 aliphatic heterocycles. The van der Waals surface area contributed by atoms with Gasteiger partial charge in [-0.05, 0) is 48.1 Å². The Morgan fingerprint density at radius 2 is 1.88 bits per heavy atom. The number of benzene rings is 2. The van der Waals surface area contributed by atoms with Crippen LogP contribution in [0.25, 0.3) is 0 Å².